The van der Waals surface area contributed by atoms with E-state index in [4.69, 9.17) is 18.6 Å². The standard InChI is InChI=1S/C24H42O5Si/c1-23(2,3)30(5,6)29-22-18-7-9-19-15-21(28-17-27-14-13-26-4)11-12-24(19,22)16-20(25)10-8-18/h15,18,21-22H,7-14,16-17H2,1-6H3/t18-,21-,22+,24+/m0/s1. The third kappa shape index (κ3) is 5.09. The number of ether oxygens (including phenoxy) is 3. The number of hydrogen-bond donors (Lipinski definition) is 0. The van der Waals surface area contributed by atoms with Crippen molar-refractivity contribution >= 4 is 14.1 Å². The van der Waals surface area contributed by atoms with E-state index in [2.05, 4.69) is 39.9 Å². The molecule has 0 radical (unpaired) electrons. The molecule has 0 saturated heterocycles. The normalized spacial score (nSPS) is 32.4. The fraction of sp³-hybridized carbons (Fsp3) is 0.875. The second kappa shape index (κ2) is 9.53. The van der Waals surface area contributed by atoms with E-state index in [0.29, 0.717) is 37.8 Å². The quantitative estimate of drug-likeness (QED) is 0.224. The highest BCUT2D eigenvalue weighted by Gasteiger charge is 2.55. The molecule has 6 heteroatoms. The average molecular weight is 439 g/mol. The number of ketones is 1. The predicted octanol–water partition coefficient (Wildman–Crippen LogP) is 5.25. The summed E-state index contributed by atoms with van der Waals surface area (Å²) in [6.45, 7) is 13.0. The minimum atomic E-state index is -1.94. The number of Topliss-reactive ketones (excluding diaryl/α,β-unsaturated/α-hetero) is 1. The molecule has 0 aromatic heterocycles. The van der Waals surface area contributed by atoms with Crippen LogP contribution in [0.25, 0.3) is 0 Å². The number of methoxy groups -OCH3 is 1. The molecule has 4 atom stereocenters. The van der Waals surface area contributed by atoms with Gasteiger partial charge in [0.1, 0.15) is 12.6 Å². The van der Waals surface area contributed by atoms with Crippen LogP contribution in [0.1, 0.15) is 65.7 Å². The van der Waals surface area contributed by atoms with Gasteiger partial charge in [-0.1, -0.05) is 32.4 Å². The van der Waals surface area contributed by atoms with Gasteiger partial charge in [-0.25, -0.2) is 0 Å². The topological polar surface area (TPSA) is 54.0 Å². The van der Waals surface area contributed by atoms with Crippen molar-refractivity contribution in [2.75, 3.05) is 27.1 Å². The summed E-state index contributed by atoms with van der Waals surface area (Å²) in [6.07, 6.45) is 8.98. The summed E-state index contributed by atoms with van der Waals surface area (Å²) >= 11 is 0. The minimum Gasteiger partial charge on any atom is -0.413 e. The first-order valence-electron chi connectivity index (χ1n) is 11.7. The molecule has 0 unspecified atom stereocenters. The van der Waals surface area contributed by atoms with Crippen LogP contribution < -0.4 is 0 Å². The van der Waals surface area contributed by atoms with Crippen LogP contribution in [0, 0.1) is 11.3 Å². The number of carbonyl (C=O) groups excluding carboxylic acids is 1. The van der Waals surface area contributed by atoms with Crippen LogP contribution in [0.15, 0.2) is 11.6 Å². The van der Waals surface area contributed by atoms with Gasteiger partial charge < -0.3 is 18.6 Å². The van der Waals surface area contributed by atoms with Crippen molar-refractivity contribution in [1.82, 2.24) is 0 Å². The highest BCUT2D eigenvalue weighted by atomic mass is 28.4. The predicted molar refractivity (Wildman–Crippen MR) is 121 cm³/mol. The number of hydrogen-bond acceptors (Lipinski definition) is 5. The molecule has 3 aliphatic rings. The molecule has 0 aliphatic heterocycles. The Morgan fingerprint density at radius 1 is 1.13 bits per heavy atom. The van der Waals surface area contributed by atoms with Crippen LogP contribution in [0.5, 0.6) is 0 Å². The van der Waals surface area contributed by atoms with Crippen LogP contribution >= 0.6 is 0 Å². The zero-order chi connectivity index (χ0) is 22.0. The lowest BCUT2D eigenvalue weighted by Gasteiger charge is -2.54. The Kier molecular flexibility index (Phi) is 7.66. The first kappa shape index (κ1) is 24.1. The maximum Gasteiger partial charge on any atom is 0.192 e. The first-order chi connectivity index (χ1) is 14.1. The zero-order valence-electron chi connectivity index (χ0n) is 19.9. The van der Waals surface area contributed by atoms with Gasteiger partial charge in [0.25, 0.3) is 0 Å². The van der Waals surface area contributed by atoms with Crippen molar-refractivity contribution < 1.29 is 23.4 Å². The van der Waals surface area contributed by atoms with Crippen LogP contribution in [-0.4, -0.2) is 53.4 Å². The van der Waals surface area contributed by atoms with E-state index in [1.165, 1.54) is 5.57 Å². The van der Waals surface area contributed by atoms with Crippen molar-refractivity contribution in [1.29, 1.82) is 0 Å². The van der Waals surface area contributed by atoms with E-state index in [0.717, 1.165) is 32.1 Å². The molecule has 0 aromatic rings. The Hall–Kier alpha value is -0.533. The average Bonchev–Trinajstić information content (AvgIpc) is 2.73. The van der Waals surface area contributed by atoms with E-state index in [9.17, 15) is 4.79 Å². The molecule has 2 saturated carbocycles. The van der Waals surface area contributed by atoms with Crippen LogP contribution in [-0.2, 0) is 23.4 Å². The molecule has 2 fully saturated rings. The van der Waals surface area contributed by atoms with E-state index in [-0.39, 0.29) is 29.5 Å². The maximum absolute atomic E-state index is 12.8. The van der Waals surface area contributed by atoms with E-state index >= 15 is 0 Å². The smallest absolute Gasteiger partial charge is 0.192 e. The largest absolute Gasteiger partial charge is 0.413 e. The fourth-order valence-corrected chi connectivity index (χ4v) is 6.60. The lowest BCUT2D eigenvalue weighted by Crippen LogP contribution is -2.55. The highest BCUT2D eigenvalue weighted by Crippen LogP contribution is 2.57. The van der Waals surface area contributed by atoms with Gasteiger partial charge in [-0.3, -0.25) is 4.79 Å². The molecular weight excluding hydrogens is 396 g/mol. The molecule has 0 aromatic carbocycles. The fourth-order valence-electron chi connectivity index (χ4n) is 5.19. The molecular formula is C24H42O5Si. The molecule has 30 heavy (non-hydrogen) atoms. The second-order valence-corrected chi connectivity index (χ2v) is 15.7. The van der Waals surface area contributed by atoms with Gasteiger partial charge in [-0.05, 0) is 56.2 Å². The van der Waals surface area contributed by atoms with Gasteiger partial charge in [0.05, 0.1) is 25.4 Å². The Morgan fingerprint density at radius 3 is 2.57 bits per heavy atom. The molecule has 0 amide bonds. The molecule has 0 N–H and O–H groups in total. The van der Waals surface area contributed by atoms with Crippen LogP contribution in [0.4, 0.5) is 0 Å². The second-order valence-electron chi connectivity index (χ2n) is 11.0. The van der Waals surface area contributed by atoms with Crippen molar-refractivity contribution in [2.24, 2.45) is 11.3 Å². The Bertz CT molecular complexity index is 638. The van der Waals surface area contributed by atoms with E-state index in [1.807, 2.05) is 0 Å². The SMILES string of the molecule is COCCOCO[C@@H]1C=C2CC[C@H]3CCC(=O)C[C@@]2(CC1)[C@@H]3O[Si](C)(C)C(C)(C)C. The number of rotatable bonds is 8. The van der Waals surface area contributed by atoms with E-state index in [1.54, 1.807) is 7.11 Å². The van der Waals surface area contributed by atoms with Crippen molar-refractivity contribution in [3.05, 3.63) is 11.6 Å². The molecule has 3 aliphatic carbocycles. The summed E-state index contributed by atoms with van der Waals surface area (Å²) in [6, 6.07) is 0. The molecule has 0 heterocycles. The molecule has 172 valence electrons. The van der Waals surface area contributed by atoms with Crippen molar-refractivity contribution in [2.45, 2.75) is 96.1 Å². The summed E-state index contributed by atoms with van der Waals surface area (Å²) in [5.41, 5.74) is 1.29. The van der Waals surface area contributed by atoms with Gasteiger partial charge >= 0.3 is 0 Å². The van der Waals surface area contributed by atoms with Crippen molar-refractivity contribution in [3.8, 4) is 0 Å². The van der Waals surface area contributed by atoms with E-state index < -0.39 is 8.32 Å². The Balaban J connectivity index is 1.81. The number of fused-ring (bicyclic) bond motifs is 1. The summed E-state index contributed by atoms with van der Waals surface area (Å²) < 4.78 is 23.6. The highest BCUT2D eigenvalue weighted by molar-refractivity contribution is 6.74. The van der Waals surface area contributed by atoms with Gasteiger partial charge in [-0.2, -0.15) is 0 Å². The van der Waals surface area contributed by atoms with Crippen LogP contribution in [0.2, 0.25) is 18.1 Å². The lowest BCUT2D eigenvalue weighted by molar-refractivity contribution is -0.123. The van der Waals surface area contributed by atoms with Crippen LogP contribution in [0.3, 0.4) is 0 Å². The third-order valence-corrected chi connectivity index (χ3v) is 12.4. The molecule has 5 nitrogen and oxygen atoms in total. The Labute approximate surface area is 184 Å². The summed E-state index contributed by atoms with van der Waals surface area (Å²) in [5, 5.41) is 0.165. The van der Waals surface area contributed by atoms with Gasteiger partial charge in [-0.15, -0.1) is 0 Å². The first-order valence-corrected chi connectivity index (χ1v) is 14.6. The summed E-state index contributed by atoms with van der Waals surface area (Å²) in [5.74, 6) is 0.911. The third-order valence-electron chi connectivity index (χ3n) is 7.99. The van der Waals surface area contributed by atoms with Gasteiger partial charge in [0.2, 0.25) is 0 Å². The zero-order valence-corrected chi connectivity index (χ0v) is 20.9. The lowest BCUT2D eigenvalue weighted by atomic mass is 9.58. The van der Waals surface area contributed by atoms with Gasteiger partial charge in [0, 0.05) is 25.4 Å². The Morgan fingerprint density at radius 2 is 1.87 bits per heavy atom. The summed E-state index contributed by atoms with van der Waals surface area (Å²) in [7, 11) is -0.268. The maximum atomic E-state index is 12.8. The molecule has 3 rings (SSSR count). The molecule has 2 bridgehead atoms. The monoisotopic (exact) mass is 438 g/mol. The molecule has 1 spiro atoms. The van der Waals surface area contributed by atoms with Gasteiger partial charge in [0.15, 0.2) is 8.32 Å². The number of carbonyl (C=O) groups is 1. The van der Waals surface area contributed by atoms with Crippen molar-refractivity contribution in [3.63, 3.8) is 0 Å². The summed E-state index contributed by atoms with van der Waals surface area (Å²) in [4.78, 5) is 12.8. The minimum absolute atomic E-state index is 0.0663.